The Morgan fingerprint density at radius 2 is 0.759 bits per heavy atom. The van der Waals surface area contributed by atoms with Crippen LogP contribution in [0.3, 0.4) is 0 Å². The molecule has 3 amide bonds. The number of amides is 3. The molecule has 12 bridgehead atoms. The van der Waals surface area contributed by atoms with Gasteiger partial charge in [0.1, 0.15) is 39.8 Å². The number of hydrogen-bond acceptors (Lipinski definition) is 10. The Hall–Kier alpha value is -6.91. The van der Waals surface area contributed by atoms with Gasteiger partial charge in [0, 0.05) is 44.6 Å². The van der Waals surface area contributed by atoms with Crippen LogP contribution in [0.25, 0.3) is 16.9 Å². The fourth-order valence-electron chi connectivity index (χ4n) is 19.4. The van der Waals surface area contributed by atoms with E-state index in [1.807, 2.05) is 47.0 Å². The number of nitrogens with zero attached hydrogens (tertiary/aromatic N) is 6. The van der Waals surface area contributed by atoms with Gasteiger partial charge >= 0.3 is 11.9 Å². The number of esters is 1. The summed E-state index contributed by atoms with van der Waals surface area (Å²) in [5, 5.41) is 18.7. The van der Waals surface area contributed by atoms with E-state index in [1.54, 1.807) is 53.2 Å². The number of aromatic nitrogens is 6. The first-order valence-electron chi connectivity index (χ1n) is 31.2. The molecule has 6 heterocycles. The molecule has 0 spiro atoms. The topological polar surface area (TPSA) is 220 Å². The Kier molecular flexibility index (Phi) is 14.8. The minimum Gasteiger partial charge on any atom is -0.481 e. The van der Waals surface area contributed by atoms with Gasteiger partial charge < -0.3 is 25.8 Å². The van der Waals surface area contributed by atoms with E-state index in [0.29, 0.717) is 80.4 Å². The lowest BCUT2D eigenvalue weighted by Gasteiger charge is -2.56. The van der Waals surface area contributed by atoms with Crippen molar-refractivity contribution in [3.8, 4) is 0 Å². The smallest absolute Gasteiger partial charge is 0.311 e. The van der Waals surface area contributed by atoms with Crippen LogP contribution in [-0.4, -0.2) is 94.9 Å². The normalized spacial score (nSPS) is 30.8. The van der Waals surface area contributed by atoms with Crippen LogP contribution in [0.4, 0.5) is 0 Å². The third kappa shape index (κ3) is 11.7. The minimum absolute atomic E-state index is 0.0388. The Morgan fingerprint density at radius 1 is 0.470 bits per heavy atom. The lowest BCUT2D eigenvalue weighted by atomic mass is 9.49. The molecule has 6 aromatic heterocycles. The number of rotatable bonds is 16. The number of aliphatic carboxylic acids is 1. The van der Waals surface area contributed by atoms with Crippen LogP contribution in [0.15, 0.2) is 73.2 Å². The van der Waals surface area contributed by atoms with Gasteiger partial charge in [-0.25, -0.2) is 15.0 Å². The van der Waals surface area contributed by atoms with Crippen LogP contribution in [0.2, 0.25) is 0 Å². The fraction of sp³-hybridized carbons (Fsp3) is 0.591. The SMILES string of the molecule is CC(=O)Cc1cn2c(C(=O)NCC34CC5CC(CC(C5)C3)C4)cccc2n1.CCOC(=O)Cc1cn2c(C(=O)NCC34CC5CC(CC(C5)C3)C4)cccc2n1.O=C(O)Cc1cn2c(C(=O)NCC34CC5CC(CC(C5)C3)C4)cccc2n1. The zero-order chi connectivity index (χ0) is 57.2. The van der Waals surface area contributed by atoms with Crippen LogP contribution >= 0.6 is 0 Å². The molecule has 438 valence electrons. The van der Waals surface area contributed by atoms with Crippen molar-refractivity contribution in [3.63, 3.8) is 0 Å². The number of carbonyl (C=O) groups is 6. The Morgan fingerprint density at radius 3 is 1.04 bits per heavy atom. The summed E-state index contributed by atoms with van der Waals surface area (Å²) in [6.07, 6.45) is 29.7. The van der Waals surface area contributed by atoms with Crippen LogP contribution < -0.4 is 16.0 Å². The van der Waals surface area contributed by atoms with Crippen molar-refractivity contribution >= 4 is 52.4 Å². The first-order valence-corrected chi connectivity index (χ1v) is 31.2. The van der Waals surface area contributed by atoms with Gasteiger partial charge in [-0.3, -0.25) is 42.0 Å². The fourth-order valence-corrected chi connectivity index (χ4v) is 19.4. The summed E-state index contributed by atoms with van der Waals surface area (Å²) in [6, 6.07) is 16.4. The molecule has 0 aromatic carbocycles. The second kappa shape index (κ2) is 22.3. The molecule has 6 aromatic rings. The Balaban J connectivity index is 0.000000117. The van der Waals surface area contributed by atoms with Gasteiger partial charge in [0.15, 0.2) is 0 Å². The van der Waals surface area contributed by atoms with E-state index in [0.717, 1.165) is 72.9 Å². The van der Waals surface area contributed by atoms with E-state index >= 15 is 0 Å². The van der Waals surface area contributed by atoms with Gasteiger partial charge in [-0.2, -0.15) is 0 Å². The number of fused-ring (bicyclic) bond motifs is 3. The molecular weight excluding hydrogens is 1050 g/mol. The van der Waals surface area contributed by atoms with Gasteiger partial charge in [0.2, 0.25) is 0 Å². The Bertz CT molecular complexity index is 3240. The van der Waals surface area contributed by atoms with Crippen LogP contribution in [0.1, 0.15) is 178 Å². The predicted molar refractivity (Wildman–Crippen MR) is 310 cm³/mol. The van der Waals surface area contributed by atoms with E-state index in [2.05, 4.69) is 30.9 Å². The standard InChI is InChI=1S/C23H29N3O3.C22H27N3O2.C21H25N3O3/c1-2-29-21(27)9-18-13-26-19(4-3-5-20(26)25-18)22(28)24-14-23-10-15-6-16(11-23)8-17(7-15)12-23;1-14(26)5-18-12-25-19(3-2-4-20(25)24-18)21(27)23-13-22-9-15-6-16(10-22)8-17(7-15)11-22;25-19(26)7-16-11-24-17(2-1-3-18(24)23-16)20(27)22-12-21-8-13-4-14(9-21)6-15(5-13)10-21/h3-5,13,15-17H,2,6-12,14H2,1H3,(H,24,28);2-4,12,15-17H,5-11,13H2,1H3,(H,23,27);1-3,11,13-15H,4-10,12H2,(H,22,27)(H,25,26). The lowest BCUT2D eigenvalue weighted by Crippen LogP contribution is -2.51. The summed E-state index contributed by atoms with van der Waals surface area (Å²) in [6.45, 7) is 6.01. The zero-order valence-corrected chi connectivity index (χ0v) is 48.3. The Labute approximate surface area is 484 Å². The summed E-state index contributed by atoms with van der Waals surface area (Å²) < 4.78 is 10.3. The maximum atomic E-state index is 13.0. The maximum absolute atomic E-state index is 13.0. The third-order valence-electron chi connectivity index (χ3n) is 21.1. The summed E-state index contributed by atoms with van der Waals surface area (Å²) in [7, 11) is 0. The molecule has 0 unspecified atom stereocenters. The maximum Gasteiger partial charge on any atom is 0.311 e. The van der Waals surface area contributed by atoms with Crippen molar-refractivity contribution in [2.24, 2.45) is 69.5 Å². The number of ketones is 1. The highest BCUT2D eigenvalue weighted by molar-refractivity contribution is 5.94. The summed E-state index contributed by atoms with van der Waals surface area (Å²) >= 11 is 0. The number of imidazole rings is 3. The monoisotopic (exact) mass is 1130 g/mol. The largest absolute Gasteiger partial charge is 0.481 e. The number of carbonyl (C=O) groups excluding carboxylic acids is 5. The predicted octanol–water partition coefficient (Wildman–Crippen LogP) is 9.71. The van der Waals surface area contributed by atoms with Crippen LogP contribution in [0, 0.1) is 69.5 Å². The molecule has 17 nitrogen and oxygen atoms in total. The number of nitrogens with one attached hydrogen (secondary N) is 3. The average molecular weight is 1130 g/mol. The summed E-state index contributed by atoms with van der Waals surface area (Å²) in [5.41, 5.74) is 6.39. The van der Waals surface area contributed by atoms with Crippen LogP contribution in [0.5, 0.6) is 0 Å². The van der Waals surface area contributed by atoms with Crippen LogP contribution in [-0.2, 0) is 38.4 Å². The second-order valence-electron chi connectivity index (χ2n) is 27.8. The molecule has 17 heteroatoms. The first-order chi connectivity index (χ1) is 40.0. The average Bonchev–Trinajstić information content (AvgIpc) is 4.29. The number of carboxylic acid groups (broad SMARTS) is 1. The number of ether oxygens (including phenoxy) is 1. The molecule has 12 aliphatic carbocycles. The quantitative estimate of drug-likeness (QED) is 0.0669. The van der Waals surface area contributed by atoms with Crippen molar-refractivity contribution in [1.82, 2.24) is 44.1 Å². The lowest BCUT2D eigenvalue weighted by molar-refractivity contribution is -0.142. The molecule has 0 radical (unpaired) electrons. The number of pyridine rings is 3. The molecule has 0 aliphatic heterocycles. The molecule has 12 saturated carbocycles. The molecular formula is C66H81N9O8. The highest BCUT2D eigenvalue weighted by Gasteiger charge is 2.53. The highest BCUT2D eigenvalue weighted by atomic mass is 16.5. The van der Waals surface area contributed by atoms with Crippen molar-refractivity contribution < 1.29 is 38.6 Å². The van der Waals surface area contributed by atoms with Gasteiger partial charge in [-0.15, -0.1) is 0 Å². The minimum atomic E-state index is -0.925. The number of hydrogen-bond donors (Lipinski definition) is 4. The van der Waals surface area contributed by atoms with Gasteiger partial charge in [0.25, 0.3) is 17.7 Å². The third-order valence-corrected chi connectivity index (χ3v) is 21.1. The van der Waals surface area contributed by atoms with E-state index in [9.17, 15) is 28.8 Å². The van der Waals surface area contributed by atoms with E-state index in [-0.39, 0.29) is 42.3 Å². The molecule has 0 atom stereocenters. The van der Waals surface area contributed by atoms with E-state index in [4.69, 9.17) is 9.84 Å². The first kappa shape index (κ1) is 55.3. The van der Waals surface area contributed by atoms with Gasteiger partial charge in [-0.1, -0.05) is 18.2 Å². The molecule has 12 aliphatic rings. The van der Waals surface area contributed by atoms with E-state index in [1.165, 1.54) is 116 Å². The highest BCUT2D eigenvalue weighted by Crippen LogP contribution is 2.62. The van der Waals surface area contributed by atoms with Crippen molar-refractivity contribution in [2.75, 3.05) is 26.2 Å². The van der Waals surface area contributed by atoms with Crippen molar-refractivity contribution in [3.05, 3.63) is 107 Å². The summed E-state index contributed by atoms with van der Waals surface area (Å²) in [4.78, 5) is 86.3. The number of carboxylic acids is 1. The summed E-state index contributed by atoms with van der Waals surface area (Å²) in [5.74, 6) is 6.53. The molecule has 12 fully saturated rings. The van der Waals surface area contributed by atoms with E-state index < -0.39 is 5.97 Å². The zero-order valence-electron chi connectivity index (χ0n) is 48.3. The molecule has 4 N–H and O–H groups in total. The molecule has 0 saturated heterocycles. The van der Waals surface area contributed by atoms with Crippen molar-refractivity contribution in [1.29, 1.82) is 0 Å². The number of Topliss-reactive ketones (excluding diaryl/α,β-unsaturated/α-hetero) is 1. The van der Waals surface area contributed by atoms with Crippen molar-refractivity contribution in [2.45, 2.75) is 149 Å². The van der Waals surface area contributed by atoms with Gasteiger partial charge in [-0.05, 0) is 235 Å². The molecule has 83 heavy (non-hydrogen) atoms. The second-order valence-corrected chi connectivity index (χ2v) is 27.8. The molecule has 18 rings (SSSR count). The van der Waals surface area contributed by atoms with Gasteiger partial charge in [0.05, 0.1) is 36.5 Å².